The van der Waals surface area contributed by atoms with Crippen LogP contribution in [0.4, 0.5) is 9.18 Å². The summed E-state index contributed by atoms with van der Waals surface area (Å²) in [6.07, 6.45) is -0.620. The molecule has 0 saturated carbocycles. The zero-order chi connectivity index (χ0) is 32.8. The molecule has 0 aliphatic carbocycles. The zero-order valence-electron chi connectivity index (χ0n) is 27.0. The number of benzene rings is 3. The van der Waals surface area contributed by atoms with Crippen molar-refractivity contribution < 1.29 is 33.0 Å². The quantitative estimate of drug-likeness (QED) is 0.258. The van der Waals surface area contributed by atoms with Crippen molar-refractivity contribution in [3.05, 3.63) is 88.7 Å². The molecular formula is C35H43FN2O6. The Morgan fingerprint density at radius 2 is 1.55 bits per heavy atom. The predicted octanol–water partition coefficient (Wildman–Crippen LogP) is 7.24. The van der Waals surface area contributed by atoms with Crippen molar-refractivity contribution in [2.24, 2.45) is 0 Å². The highest BCUT2D eigenvalue weighted by molar-refractivity contribution is 5.95. The normalized spacial score (nSPS) is 12.2. The molecule has 0 aromatic heterocycles. The molecule has 2 amide bonds. The number of halogens is 1. The summed E-state index contributed by atoms with van der Waals surface area (Å²) in [7, 11) is 3.28. The third-order valence-electron chi connectivity index (χ3n) is 6.31. The Hall–Kier alpha value is -4.40. The molecule has 44 heavy (non-hydrogen) atoms. The molecule has 9 heteroatoms. The first-order valence-corrected chi connectivity index (χ1v) is 14.5. The number of amides is 2. The van der Waals surface area contributed by atoms with E-state index in [0.29, 0.717) is 28.0 Å². The topological polar surface area (TPSA) is 94.2 Å². The lowest BCUT2D eigenvalue weighted by Gasteiger charge is -2.22. The maximum Gasteiger partial charge on any atom is 0.408 e. The van der Waals surface area contributed by atoms with Crippen LogP contribution in [0.2, 0.25) is 0 Å². The molecule has 236 valence electrons. The van der Waals surface area contributed by atoms with Gasteiger partial charge in [0, 0.05) is 36.3 Å². The van der Waals surface area contributed by atoms with E-state index in [1.165, 1.54) is 4.90 Å². The Morgan fingerprint density at radius 3 is 2.18 bits per heavy atom. The van der Waals surface area contributed by atoms with E-state index in [2.05, 4.69) is 5.32 Å². The van der Waals surface area contributed by atoms with Crippen molar-refractivity contribution in [1.29, 1.82) is 0 Å². The third-order valence-corrected chi connectivity index (χ3v) is 6.31. The first-order valence-electron chi connectivity index (χ1n) is 14.5. The van der Waals surface area contributed by atoms with Gasteiger partial charge in [-0.1, -0.05) is 36.4 Å². The third kappa shape index (κ3) is 9.82. The number of ether oxygens (including phenoxy) is 3. The summed E-state index contributed by atoms with van der Waals surface area (Å²) in [6, 6.07) is 16.5. The molecule has 1 atom stereocenters. The summed E-state index contributed by atoms with van der Waals surface area (Å²) in [5, 5.41) is 2.68. The van der Waals surface area contributed by atoms with Gasteiger partial charge in [-0.3, -0.25) is 9.59 Å². The average Bonchev–Trinajstić information content (AvgIpc) is 2.89. The summed E-state index contributed by atoms with van der Waals surface area (Å²) in [5.41, 5.74) is 1.35. The van der Waals surface area contributed by atoms with Crippen LogP contribution in [0.15, 0.2) is 60.7 Å². The van der Waals surface area contributed by atoms with E-state index in [1.54, 1.807) is 96.4 Å². The maximum absolute atomic E-state index is 16.0. The number of carbonyl (C=O) groups is 3. The average molecular weight is 607 g/mol. The smallest absolute Gasteiger partial charge is 0.408 e. The monoisotopic (exact) mass is 606 g/mol. The minimum atomic E-state index is -0.696. The Bertz CT molecular complexity index is 1500. The minimum absolute atomic E-state index is 0.0331. The van der Waals surface area contributed by atoms with E-state index < -0.39 is 29.2 Å². The highest BCUT2D eigenvalue weighted by Gasteiger charge is 2.22. The fraction of sp³-hybridized carbons (Fsp3) is 0.400. The summed E-state index contributed by atoms with van der Waals surface area (Å²) in [4.78, 5) is 39.3. The summed E-state index contributed by atoms with van der Waals surface area (Å²) in [6.45, 7) is 12.4. The number of hydrogen-bond donors (Lipinski definition) is 1. The van der Waals surface area contributed by atoms with E-state index in [0.717, 1.165) is 0 Å². The number of nitrogens with zero attached hydrogens (tertiary/aromatic N) is 1. The number of carbonyl (C=O) groups excluding carboxylic acids is 3. The molecule has 1 unspecified atom stereocenters. The van der Waals surface area contributed by atoms with Gasteiger partial charge in [0.25, 0.3) is 5.91 Å². The number of rotatable bonds is 9. The van der Waals surface area contributed by atoms with Gasteiger partial charge >= 0.3 is 12.1 Å². The number of para-hydroxylation sites is 1. The molecule has 0 radical (unpaired) electrons. The fourth-order valence-corrected chi connectivity index (χ4v) is 4.47. The molecule has 0 fully saturated rings. The molecule has 0 spiro atoms. The highest BCUT2D eigenvalue weighted by Crippen LogP contribution is 2.31. The lowest BCUT2D eigenvalue weighted by Crippen LogP contribution is -2.34. The lowest BCUT2D eigenvalue weighted by atomic mass is 9.95. The van der Waals surface area contributed by atoms with Crippen LogP contribution < -0.4 is 10.1 Å². The van der Waals surface area contributed by atoms with Gasteiger partial charge in [0.2, 0.25) is 0 Å². The fourth-order valence-electron chi connectivity index (χ4n) is 4.47. The van der Waals surface area contributed by atoms with Crippen LogP contribution in [0.3, 0.4) is 0 Å². The second-order valence-electron chi connectivity index (χ2n) is 12.9. The Labute approximate surface area is 259 Å². The molecule has 0 saturated heterocycles. The van der Waals surface area contributed by atoms with Gasteiger partial charge in [-0.15, -0.1) is 0 Å². The van der Waals surface area contributed by atoms with Crippen LogP contribution in [0.5, 0.6) is 5.75 Å². The molecule has 3 aromatic carbocycles. The second-order valence-corrected chi connectivity index (χ2v) is 12.9. The summed E-state index contributed by atoms with van der Waals surface area (Å²) < 4.78 is 32.9. The van der Waals surface area contributed by atoms with Gasteiger partial charge < -0.3 is 24.4 Å². The molecule has 0 aliphatic rings. The molecule has 3 rings (SSSR count). The number of nitrogens with one attached hydrogen (secondary N) is 1. The van der Waals surface area contributed by atoms with Crippen molar-refractivity contribution in [1.82, 2.24) is 10.2 Å². The van der Waals surface area contributed by atoms with Crippen LogP contribution in [-0.2, 0) is 27.3 Å². The molecule has 8 nitrogen and oxygen atoms in total. The van der Waals surface area contributed by atoms with Gasteiger partial charge in [0.15, 0.2) is 0 Å². The Kier molecular flexibility index (Phi) is 10.8. The first-order chi connectivity index (χ1) is 20.4. The number of alkyl carbamates (subject to hydrolysis) is 1. The Balaban J connectivity index is 1.93. The van der Waals surface area contributed by atoms with Gasteiger partial charge in [0.05, 0.1) is 12.5 Å². The van der Waals surface area contributed by atoms with Crippen LogP contribution in [0.1, 0.15) is 81.6 Å². The molecule has 0 bridgehead atoms. The molecular weight excluding hydrogens is 563 g/mol. The second kappa shape index (κ2) is 13.9. The van der Waals surface area contributed by atoms with Gasteiger partial charge in [-0.05, 0) is 83.9 Å². The van der Waals surface area contributed by atoms with Crippen LogP contribution in [0, 0.1) is 5.82 Å². The van der Waals surface area contributed by atoms with Crippen molar-refractivity contribution in [2.45, 2.75) is 78.7 Å². The standard InChI is InChI=1S/C35H43FN2O6/c1-22(37-33(41)44-35(5,6)7)27-14-12-15-28(31(27)36)25-17-23(18-26(19-25)32(40)38(8)9)21-42-29-16-11-10-13-24(29)20-30(39)43-34(2,3)4/h10-19,22H,20-21H2,1-9H3,(H,37,41). The molecule has 0 heterocycles. The van der Waals surface area contributed by atoms with E-state index in [1.807, 2.05) is 26.8 Å². The molecule has 0 aliphatic heterocycles. The number of esters is 1. The SMILES string of the molecule is CC(NC(=O)OC(C)(C)C)c1cccc(-c2cc(COc3ccccc3CC(=O)OC(C)(C)C)cc(C(=O)N(C)C)c2)c1F. The van der Waals surface area contributed by atoms with E-state index >= 15 is 4.39 Å². The largest absolute Gasteiger partial charge is 0.489 e. The van der Waals surface area contributed by atoms with Crippen molar-refractivity contribution in [3.8, 4) is 16.9 Å². The molecule has 1 N–H and O–H groups in total. The lowest BCUT2D eigenvalue weighted by molar-refractivity contribution is -0.153. The van der Waals surface area contributed by atoms with Crippen LogP contribution in [-0.4, -0.2) is 48.2 Å². The van der Waals surface area contributed by atoms with Crippen LogP contribution >= 0.6 is 0 Å². The first kappa shape index (κ1) is 34.1. The maximum atomic E-state index is 16.0. The van der Waals surface area contributed by atoms with Crippen molar-refractivity contribution in [3.63, 3.8) is 0 Å². The van der Waals surface area contributed by atoms with E-state index in [4.69, 9.17) is 14.2 Å². The highest BCUT2D eigenvalue weighted by atomic mass is 19.1. The van der Waals surface area contributed by atoms with E-state index in [9.17, 15) is 14.4 Å². The van der Waals surface area contributed by atoms with E-state index in [-0.39, 0.29) is 36.0 Å². The van der Waals surface area contributed by atoms with Crippen molar-refractivity contribution in [2.75, 3.05) is 14.1 Å². The summed E-state index contributed by atoms with van der Waals surface area (Å²) >= 11 is 0. The van der Waals surface area contributed by atoms with Gasteiger partial charge in [-0.2, -0.15) is 0 Å². The number of hydrogen-bond acceptors (Lipinski definition) is 6. The minimum Gasteiger partial charge on any atom is -0.489 e. The Morgan fingerprint density at radius 1 is 0.886 bits per heavy atom. The van der Waals surface area contributed by atoms with Crippen LogP contribution in [0.25, 0.3) is 11.1 Å². The van der Waals surface area contributed by atoms with Gasteiger partial charge in [-0.25, -0.2) is 9.18 Å². The summed E-state index contributed by atoms with van der Waals surface area (Å²) in [5.74, 6) is -0.658. The van der Waals surface area contributed by atoms with Crippen molar-refractivity contribution >= 4 is 18.0 Å². The zero-order valence-corrected chi connectivity index (χ0v) is 27.0. The molecule has 3 aromatic rings. The predicted molar refractivity (Wildman–Crippen MR) is 168 cm³/mol. The van der Waals surface area contributed by atoms with Gasteiger partial charge in [0.1, 0.15) is 29.4 Å².